The number of benzene rings is 1. The molecule has 6 nitrogen and oxygen atoms in total. The predicted molar refractivity (Wildman–Crippen MR) is 112 cm³/mol. The lowest BCUT2D eigenvalue weighted by molar-refractivity contribution is 0.0975. The van der Waals surface area contributed by atoms with Gasteiger partial charge in [-0.1, -0.05) is 30.4 Å². The van der Waals surface area contributed by atoms with E-state index in [1.165, 1.54) is 16.9 Å². The Balaban J connectivity index is 1.77. The maximum atomic E-state index is 13.4. The number of amides is 1. The van der Waals surface area contributed by atoms with E-state index in [2.05, 4.69) is 29.1 Å². The highest BCUT2D eigenvalue weighted by atomic mass is 32.1. The van der Waals surface area contributed by atoms with E-state index in [9.17, 15) is 4.79 Å². The SMILES string of the molecule is CCc1ccc2nc(N(Cc3cccnc3)C(=O)c3ccnn3CC)sc2c1. The van der Waals surface area contributed by atoms with Crippen molar-refractivity contribution in [2.45, 2.75) is 33.4 Å². The molecule has 0 saturated carbocycles. The summed E-state index contributed by atoms with van der Waals surface area (Å²) in [5.41, 5.74) is 3.67. The molecule has 28 heavy (non-hydrogen) atoms. The van der Waals surface area contributed by atoms with Crippen molar-refractivity contribution < 1.29 is 4.79 Å². The van der Waals surface area contributed by atoms with Crippen molar-refractivity contribution in [3.05, 3.63) is 71.8 Å². The first-order chi connectivity index (χ1) is 13.7. The zero-order chi connectivity index (χ0) is 19.5. The number of thiazole rings is 1. The number of hydrogen-bond donors (Lipinski definition) is 0. The number of aromatic nitrogens is 4. The van der Waals surface area contributed by atoms with Crippen molar-refractivity contribution in [2.24, 2.45) is 0 Å². The standard InChI is InChI=1S/C21H21N5OS/c1-3-15-7-8-17-19(12-15)28-21(24-17)25(14-16-6-5-10-22-13-16)20(27)18-9-11-23-26(18)4-2/h5-13H,3-4,14H2,1-2H3. The van der Waals surface area contributed by atoms with Gasteiger partial charge in [-0.05, 0) is 48.7 Å². The molecule has 1 aromatic carbocycles. The topological polar surface area (TPSA) is 63.9 Å². The second kappa shape index (κ2) is 7.90. The zero-order valence-corrected chi connectivity index (χ0v) is 16.7. The van der Waals surface area contributed by atoms with Gasteiger partial charge < -0.3 is 0 Å². The van der Waals surface area contributed by atoms with E-state index in [1.807, 2.05) is 25.1 Å². The van der Waals surface area contributed by atoms with E-state index in [1.54, 1.807) is 34.2 Å². The summed E-state index contributed by atoms with van der Waals surface area (Å²) in [5, 5.41) is 4.93. The van der Waals surface area contributed by atoms with Crippen molar-refractivity contribution in [2.75, 3.05) is 4.90 Å². The lowest BCUT2D eigenvalue weighted by Gasteiger charge is -2.20. The molecule has 142 valence electrons. The molecule has 0 radical (unpaired) electrons. The Labute approximate surface area is 167 Å². The average Bonchev–Trinajstić information content (AvgIpc) is 3.38. The van der Waals surface area contributed by atoms with Crippen LogP contribution in [0.5, 0.6) is 0 Å². The van der Waals surface area contributed by atoms with Gasteiger partial charge in [0.15, 0.2) is 5.13 Å². The van der Waals surface area contributed by atoms with Gasteiger partial charge in [-0.3, -0.25) is 19.4 Å². The maximum absolute atomic E-state index is 13.4. The number of nitrogens with zero attached hydrogens (tertiary/aromatic N) is 5. The number of hydrogen-bond acceptors (Lipinski definition) is 5. The summed E-state index contributed by atoms with van der Waals surface area (Å²) >= 11 is 1.54. The first-order valence-corrected chi connectivity index (χ1v) is 10.1. The van der Waals surface area contributed by atoms with Crippen LogP contribution in [-0.2, 0) is 19.5 Å². The van der Waals surface area contributed by atoms with Crippen LogP contribution < -0.4 is 4.90 Å². The van der Waals surface area contributed by atoms with Crippen molar-refractivity contribution in [1.29, 1.82) is 0 Å². The largest absolute Gasteiger partial charge is 0.278 e. The molecule has 7 heteroatoms. The summed E-state index contributed by atoms with van der Waals surface area (Å²) in [5.74, 6) is -0.113. The van der Waals surface area contributed by atoms with Gasteiger partial charge in [-0.25, -0.2) is 4.98 Å². The van der Waals surface area contributed by atoms with Gasteiger partial charge in [0.1, 0.15) is 5.69 Å². The predicted octanol–water partition coefficient (Wildman–Crippen LogP) is 4.32. The van der Waals surface area contributed by atoms with Gasteiger partial charge in [-0.15, -0.1) is 0 Å². The molecule has 0 fully saturated rings. The molecule has 0 aliphatic rings. The summed E-state index contributed by atoms with van der Waals surface area (Å²) < 4.78 is 2.79. The highest BCUT2D eigenvalue weighted by Gasteiger charge is 2.24. The van der Waals surface area contributed by atoms with E-state index in [-0.39, 0.29) is 5.91 Å². The normalized spacial score (nSPS) is 11.1. The van der Waals surface area contributed by atoms with Crippen LogP contribution >= 0.6 is 11.3 Å². The summed E-state index contributed by atoms with van der Waals surface area (Å²) in [6, 6.07) is 11.9. The molecular weight excluding hydrogens is 370 g/mol. The van der Waals surface area contributed by atoms with E-state index in [0.29, 0.717) is 23.9 Å². The summed E-state index contributed by atoms with van der Waals surface area (Å²) in [4.78, 5) is 24.0. The number of carbonyl (C=O) groups is 1. The van der Waals surface area contributed by atoms with Crippen LogP contribution in [-0.4, -0.2) is 25.7 Å². The minimum atomic E-state index is -0.113. The lowest BCUT2D eigenvalue weighted by atomic mass is 10.2. The van der Waals surface area contributed by atoms with Gasteiger partial charge in [0.05, 0.1) is 16.8 Å². The van der Waals surface area contributed by atoms with Gasteiger partial charge in [0.2, 0.25) is 0 Å². The van der Waals surface area contributed by atoms with Crippen LogP contribution in [0.25, 0.3) is 10.2 Å². The first kappa shape index (κ1) is 18.3. The molecule has 0 spiro atoms. The second-order valence-electron chi connectivity index (χ2n) is 6.44. The van der Waals surface area contributed by atoms with Gasteiger partial charge in [0.25, 0.3) is 5.91 Å². The molecular formula is C21H21N5OS. The molecule has 4 rings (SSSR count). The molecule has 0 N–H and O–H groups in total. The zero-order valence-electron chi connectivity index (χ0n) is 15.9. The van der Waals surface area contributed by atoms with Gasteiger partial charge >= 0.3 is 0 Å². The number of anilines is 1. The second-order valence-corrected chi connectivity index (χ2v) is 7.45. The molecule has 0 saturated heterocycles. The van der Waals surface area contributed by atoms with Crippen LogP contribution in [0.3, 0.4) is 0 Å². The van der Waals surface area contributed by atoms with E-state index < -0.39 is 0 Å². The Morgan fingerprint density at radius 2 is 2.04 bits per heavy atom. The molecule has 0 aliphatic carbocycles. The van der Waals surface area contributed by atoms with Gasteiger partial charge in [-0.2, -0.15) is 5.10 Å². The smallest absolute Gasteiger partial charge is 0.278 e. The Morgan fingerprint density at radius 1 is 1.14 bits per heavy atom. The Hall–Kier alpha value is -3.06. The average molecular weight is 392 g/mol. The molecule has 3 aromatic heterocycles. The van der Waals surface area contributed by atoms with Gasteiger partial charge in [0, 0.05) is 25.1 Å². The monoisotopic (exact) mass is 391 g/mol. The van der Waals surface area contributed by atoms with E-state index >= 15 is 0 Å². The third-order valence-electron chi connectivity index (χ3n) is 4.62. The van der Waals surface area contributed by atoms with Crippen molar-refractivity contribution >= 4 is 32.6 Å². The van der Waals surface area contributed by atoms with E-state index in [4.69, 9.17) is 4.98 Å². The van der Waals surface area contributed by atoms with Crippen LogP contribution in [0.15, 0.2) is 55.0 Å². The third kappa shape index (κ3) is 3.53. The fourth-order valence-corrected chi connectivity index (χ4v) is 4.12. The molecule has 3 heterocycles. The van der Waals surface area contributed by atoms with Crippen molar-refractivity contribution in [3.8, 4) is 0 Å². The summed E-state index contributed by atoms with van der Waals surface area (Å²) in [7, 11) is 0. The van der Waals surface area contributed by atoms with Crippen molar-refractivity contribution in [1.82, 2.24) is 19.7 Å². The summed E-state index contributed by atoms with van der Waals surface area (Å²) in [6.07, 6.45) is 6.13. The molecule has 0 aliphatic heterocycles. The molecule has 0 atom stereocenters. The number of rotatable bonds is 6. The molecule has 0 bridgehead atoms. The highest BCUT2D eigenvalue weighted by Crippen LogP contribution is 2.31. The van der Waals surface area contributed by atoms with E-state index in [0.717, 1.165) is 22.2 Å². The molecule has 0 unspecified atom stereocenters. The quantitative estimate of drug-likeness (QED) is 0.491. The van der Waals surface area contributed by atoms with Crippen LogP contribution in [0.2, 0.25) is 0 Å². The fraction of sp³-hybridized carbons (Fsp3) is 0.238. The number of carbonyl (C=O) groups excluding carboxylic acids is 1. The number of aryl methyl sites for hydroxylation is 2. The third-order valence-corrected chi connectivity index (χ3v) is 5.67. The lowest BCUT2D eigenvalue weighted by Crippen LogP contribution is -2.32. The Morgan fingerprint density at radius 3 is 2.79 bits per heavy atom. The first-order valence-electron chi connectivity index (χ1n) is 9.31. The Kier molecular flexibility index (Phi) is 5.16. The Bertz CT molecular complexity index is 1100. The minimum Gasteiger partial charge on any atom is -0.278 e. The number of fused-ring (bicyclic) bond motifs is 1. The molecule has 1 amide bonds. The number of pyridine rings is 1. The summed E-state index contributed by atoms with van der Waals surface area (Å²) in [6.45, 7) is 5.14. The van der Waals surface area contributed by atoms with Crippen LogP contribution in [0.4, 0.5) is 5.13 Å². The fourth-order valence-electron chi connectivity index (χ4n) is 3.10. The van der Waals surface area contributed by atoms with Crippen LogP contribution in [0.1, 0.15) is 35.5 Å². The van der Waals surface area contributed by atoms with Crippen molar-refractivity contribution in [3.63, 3.8) is 0 Å². The maximum Gasteiger partial charge on any atom is 0.278 e. The van der Waals surface area contributed by atoms with Crippen LogP contribution in [0, 0.1) is 0 Å². The molecule has 4 aromatic rings. The highest BCUT2D eigenvalue weighted by molar-refractivity contribution is 7.22. The minimum absolute atomic E-state index is 0.113.